The van der Waals surface area contributed by atoms with Gasteiger partial charge in [-0.05, 0) is 35.9 Å². The van der Waals surface area contributed by atoms with Gasteiger partial charge >= 0.3 is 5.97 Å². The Hall–Kier alpha value is -2.82. The van der Waals surface area contributed by atoms with Gasteiger partial charge in [0, 0.05) is 12.1 Å². The van der Waals surface area contributed by atoms with Crippen LogP contribution in [0.3, 0.4) is 0 Å². The summed E-state index contributed by atoms with van der Waals surface area (Å²) in [5.41, 5.74) is 1.74. The van der Waals surface area contributed by atoms with Gasteiger partial charge in [0.15, 0.2) is 6.10 Å². The summed E-state index contributed by atoms with van der Waals surface area (Å²) in [4.78, 5) is 22.9. The Balaban J connectivity index is 1.66. The Morgan fingerprint density at radius 1 is 1.10 bits per heavy atom. The highest BCUT2D eigenvalue weighted by Gasteiger charge is 2.28. The molecule has 0 saturated heterocycles. The fourth-order valence-electron chi connectivity index (χ4n) is 2.25. The maximum absolute atomic E-state index is 12.1. The number of carboxylic acid groups (broad SMARTS) is 1. The summed E-state index contributed by atoms with van der Waals surface area (Å²) in [6, 6.07) is 13.6. The monoisotopic (exact) mass is 283 g/mol. The summed E-state index contributed by atoms with van der Waals surface area (Å²) in [5.74, 6) is -0.504. The first kappa shape index (κ1) is 13.2. The summed E-state index contributed by atoms with van der Waals surface area (Å²) in [6.45, 7) is 0. The molecule has 0 radical (unpaired) electrons. The SMILES string of the molecule is O=C(O)c1ccc(NC(=O)C2Cc3ccccc3O2)cc1. The van der Waals surface area contributed by atoms with E-state index in [4.69, 9.17) is 9.84 Å². The summed E-state index contributed by atoms with van der Waals surface area (Å²) in [7, 11) is 0. The molecule has 1 heterocycles. The first-order valence-corrected chi connectivity index (χ1v) is 6.52. The molecule has 0 spiro atoms. The second kappa shape index (κ2) is 5.28. The molecule has 21 heavy (non-hydrogen) atoms. The van der Waals surface area contributed by atoms with Crippen molar-refractivity contribution in [2.24, 2.45) is 0 Å². The van der Waals surface area contributed by atoms with Crippen molar-refractivity contribution in [1.82, 2.24) is 0 Å². The van der Waals surface area contributed by atoms with Gasteiger partial charge in [0.25, 0.3) is 5.91 Å². The number of fused-ring (bicyclic) bond motifs is 1. The maximum atomic E-state index is 12.1. The average molecular weight is 283 g/mol. The largest absolute Gasteiger partial charge is 0.480 e. The number of amides is 1. The lowest BCUT2D eigenvalue weighted by Crippen LogP contribution is -2.31. The molecule has 0 bridgehead atoms. The molecular formula is C16H13NO4. The van der Waals surface area contributed by atoms with Gasteiger partial charge in [-0.1, -0.05) is 18.2 Å². The number of anilines is 1. The Labute approximate surface area is 121 Å². The molecule has 3 rings (SSSR count). The molecule has 106 valence electrons. The van der Waals surface area contributed by atoms with E-state index in [0.717, 1.165) is 11.3 Å². The highest BCUT2D eigenvalue weighted by Crippen LogP contribution is 2.28. The van der Waals surface area contributed by atoms with Crippen LogP contribution in [0.25, 0.3) is 0 Å². The molecule has 1 atom stereocenters. The maximum Gasteiger partial charge on any atom is 0.335 e. The van der Waals surface area contributed by atoms with Crippen LogP contribution in [0.4, 0.5) is 5.69 Å². The van der Waals surface area contributed by atoms with E-state index in [2.05, 4.69) is 5.32 Å². The summed E-state index contributed by atoms with van der Waals surface area (Å²) < 4.78 is 5.60. The molecule has 2 aromatic rings. The Kier molecular flexibility index (Phi) is 3.31. The third-order valence-corrected chi connectivity index (χ3v) is 3.34. The van der Waals surface area contributed by atoms with Crippen LogP contribution < -0.4 is 10.1 Å². The number of hydrogen-bond donors (Lipinski definition) is 2. The third kappa shape index (κ3) is 2.72. The van der Waals surface area contributed by atoms with Crippen molar-refractivity contribution in [3.05, 3.63) is 59.7 Å². The fraction of sp³-hybridized carbons (Fsp3) is 0.125. The van der Waals surface area contributed by atoms with Crippen LogP contribution in [-0.4, -0.2) is 23.1 Å². The van der Waals surface area contributed by atoms with Gasteiger partial charge in [-0.2, -0.15) is 0 Å². The number of carbonyl (C=O) groups excluding carboxylic acids is 1. The second-order valence-electron chi connectivity index (χ2n) is 4.79. The van der Waals surface area contributed by atoms with Gasteiger partial charge < -0.3 is 15.2 Å². The molecule has 0 fully saturated rings. The molecule has 1 amide bonds. The zero-order chi connectivity index (χ0) is 14.8. The number of aromatic carboxylic acids is 1. The van der Waals surface area contributed by atoms with Crippen molar-refractivity contribution in [1.29, 1.82) is 0 Å². The number of hydrogen-bond acceptors (Lipinski definition) is 3. The predicted molar refractivity (Wildman–Crippen MR) is 76.6 cm³/mol. The molecule has 1 aliphatic heterocycles. The van der Waals surface area contributed by atoms with Gasteiger partial charge in [0.1, 0.15) is 5.75 Å². The van der Waals surface area contributed by atoms with Crippen molar-refractivity contribution < 1.29 is 19.4 Å². The van der Waals surface area contributed by atoms with E-state index in [1.165, 1.54) is 12.1 Å². The van der Waals surface area contributed by atoms with Crippen LogP contribution in [0, 0.1) is 0 Å². The van der Waals surface area contributed by atoms with Crippen molar-refractivity contribution in [3.8, 4) is 5.75 Å². The number of carboxylic acids is 1. The van der Waals surface area contributed by atoms with E-state index in [0.29, 0.717) is 12.1 Å². The molecule has 1 aliphatic rings. The van der Waals surface area contributed by atoms with E-state index >= 15 is 0 Å². The quantitative estimate of drug-likeness (QED) is 0.906. The highest BCUT2D eigenvalue weighted by atomic mass is 16.5. The van der Waals surface area contributed by atoms with Gasteiger partial charge in [-0.15, -0.1) is 0 Å². The van der Waals surface area contributed by atoms with Crippen LogP contribution in [0.1, 0.15) is 15.9 Å². The number of carbonyl (C=O) groups is 2. The minimum Gasteiger partial charge on any atom is -0.480 e. The van der Waals surface area contributed by atoms with Crippen molar-refractivity contribution in [2.75, 3.05) is 5.32 Å². The smallest absolute Gasteiger partial charge is 0.335 e. The van der Waals surface area contributed by atoms with Crippen LogP contribution in [0.2, 0.25) is 0 Å². The van der Waals surface area contributed by atoms with Crippen LogP contribution in [0.5, 0.6) is 5.75 Å². The van der Waals surface area contributed by atoms with E-state index in [9.17, 15) is 9.59 Å². The number of nitrogens with one attached hydrogen (secondary N) is 1. The van der Waals surface area contributed by atoms with Crippen LogP contribution in [-0.2, 0) is 11.2 Å². The van der Waals surface area contributed by atoms with Gasteiger partial charge in [0.2, 0.25) is 0 Å². The first-order valence-electron chi connectivity index (χ1n) is 6.52. The normalized spacial score (nSPS) is 15.9. The number of rotatable bonds is 3. The molecule has 2 aromatic carbocycles. The highest BCUT2D eigenvalue weighted by molar-refractivity contribution is 5.95. The standard InChI is InChI=1S/C16H13NO4/c18-15(14-9-11-3-1-2-4-13(11)21-14)17-12-7-5-10(6-8-12)16(19)20/h1-8,14H,9H2,(H,17,18)(H,19,20). The molecule has 0 aliphatic carbocycles. The third-order valence-electron chi connectivity index (χ3n) is 3.34. The molecular weight excluding hydrogens is 270 g/mol. The second-order valence-corrected chi connectivity index (χ2v) is 4.79. The lowest BCUT2D eigenvalue weighted by Gasteiger charge is -2.11. The number of para-hydroxylation sites is 1. The van der Waals surface area contributed by atoms with E-state index in [1.807, 2.05) is 24.3 Å². The minimum atomic E-state index is -0.998. The summed E-state index contributed by atoms with van der Waals surface area (Å²) in [5, 5.41) is 11.6. The van der Waals surface area contributed by atoms with Crippen LogP contribution >= 0.6 is 0 Å². The lowest BCUT2D eigenvalue weighted by molar-refractivity contribution is -0.122. The Morgan fingerprint density at radius 2 is 1.81 bits per heavy atom. The van der Waals surface area contributed by atoms with E-state index in [1.54, 1.807) is 12.1 Å². The molecule has 5 heteroatoms. The zero-order valence-corrected chi connectivity index (χ0v) is 11.1. The molecule has 0 aromatic heterocycles. The zero-order valence-electron chi connectivity index (χ0n) is 11.1. The van der Waals surface area contributed by atoms with E-state index in [-0.39, 0.29) is 11.5 Å². The average Bonchev–Trinajstić information content (AvgIpc) is 2.92. The van der Waals surface area contributed by atoms with Gasteiger partial charge in [-0.3, -0.25) is 4.79 Å². The van der Waals surface area contributed by atoms with Crippen molar-refractivity contribution in [3.63, 3.8) is 0 Å². The predicted octanol–water partition coefficient (Wildman–Crippen LogP) is 2.33. The lowest BCUT2D eigenvalue weighted by atomic mass is 10.1. The van der Waals surface area contributed by atoms with Crippen LogP contribution in [0.15, 0.2) is 48.5 Å². The number of ether oxygens (including phenoxy) is 1. The molecule has 2 N–H and O–H groups in total. The van der Waals surface area contributed by atoms with Crippen molar-refractivity contribution >= 4 is 17.6 Å². The summed E-state index contributed by atoms with van der Waals surface area (Å²) in [6.07, 6.45) is -0.0172. The number of benzene rings is 2. The van der Waals surface area contributed by atoms with Gasteiger partial charge in [-0.25, -0.2) is 4.79 Å². The molecule has 5 nitrogen and oxygen atoms in total. The van der Waals surface area contributed by atoms with Crippen molar-refractivity contribution in [2.45, 2.75) is 12.5 Å². The summed E-state index contributed by atoms with van der Waals surface area (Å²) >= 11 is 0. The minimum absolute atomic E-state index is 0.178. The Bertz CT molecular complexity index is 669. The molecule has 0 saturated carbocycles. The fourth-order valence-corrected chi connectivity index (χ4v) is 2.25. The first-order chi connectivity index (χ1) is 10.1. The topological polar surface area (TPSA) is 75.6 Å². The Morgan fingerprint density at radius 3 is 2.48 bits per heavy atom. The molecule has 1 unspecified atom stereocenters. The van der Waals surface area contributed by atoms with Gasteiger partial charge in [0.05, 0.1) is 5.56 Å². The van der Waals surface area contributed by atoms with E-state index < -0.39 is 12.1 Å².